The van der Waals surface area contributed by atoms with Gasteiger partial charge in [0.25, 0.3) is 15.9 Å². The average Bonchev–Trinajstić information content (AvgIpc) is 2.60. The smallest absolute Gasteiger partial charge is 0.288 e. The number of hydrogen-bond acceptors (Lipinski definition) is 4. The van der Waals surface area contributed by atoms with Gasteiger partial charge in [-0.05, 0) is 42.0 Å². The number of halogens is 4. The van der Waals surface area contributed by atoms with Gasteiger partial charge in [0.05, 0.1) is 16.1 Å². The van der Waals surface area contributed by atoms with E-state index in [2.05, 4.69) is 0 Å². The Bertz CT molecular complexity index is 988. The number of anilines is 1. The zero-order valence-corrected chi connectivity index (χ0v) is 14.1. The Hall–Kier alpha value is -2.92. The van der Waals surface area contributed by atoms with Crippen molar-refractivity contribution in [3.63, 3.8) is 0 Å². The molecule has 0 saturated heterocycles. The molecule has 0 radical (unpaired) electrons. The van der Waals surface area contributed by atoms with Crippen LogP contribution in [-0.4, -0.2) is 19.5 Å². The van der Waals surface area contributed by atoms with E-state index in [4.69, 9.17) is 5.21 Å². The highest BCUT2D eigenvalue weighted by Gasteiger charge is 2.31. The van der Waals surface area contributed by atoms with Crippen molar-refractivity contribution >= 4 is 27.7 Å². The molecule has 144 valence electrons. The first-order valence-electron chi connectivity index (χ1n) is 7.15. The van der Waals surface area contributed by atoms with Crippen LogP contribution in [0.15, 0.2) is 53.4 Å². The summed E-state index contributed by atoms with van der Waals surface area (Å²) in [5.41, 5.74) is -0.482. The van der Waals surface area contributed by atoms with E-state index in [9.17, 15) is 30.8 Å². The summed E-state index contributed by atoms with van der Waals surface area (Å²) >= 11 is 0. The number of carbonyl (C=O) groups is 1. The second kappa shape index (κ2) is 7.76. The van der Waals surface area contributed by atoms with Crippen molar-refractivity contribution in [3.05, 3.63) is 65.5 Å². The van der Waals surface area contributed by atoms with E-state index < -0.39 is 39.2 Å². The maximum Gasteiger partial charge on any atom is 0.416 e. The van der Waals surface area contributed by atoms with E-state index in [0.717, 1.165) is 18.2 Å². The third-order valence-corrected chi connectivity index (χ3v) is 4.61. The minimum absolute atomic E-state index is 0.242. The third-order valence-electron chi connectivity index (χ3n) is 3.24. The third kappa shape index (κ3) is 5.28. The van der Waals surface area contributed by atoms with Gasteiger partial charge >= 0.3 is 6.18 Å². The Morgan fingerprint density at radius 1 is 1.11 bits per heavy atom. The van der Waals surface area contributed by atoms with Crippen molar-refractivity contribution in [1.82, 2.24) is 5.48 Å². The molecule has 0 aromatic heterocycles. The number of nitrogens with one attached hydrogen (secondary N) is 2. The fourth-order valence-corrected chi connectivity index (χ4v) is 3.09. The lowest BCUT2D eigenvalue weighted by molar-refractivity contribution is -0.137. The first-order valence-corrected chi connectivity index (χ1v) is 8.63. The van der Waals surface area contributed by atoms with Gasteiger partial charge < -0.3 is 0 Å². The molecule has 27 heavy (non-hydrogen) atoms. The molecule has 0 fully saturated rings. The topological polar surface area (TPSA) is 95.5 Å². The minimum Gasteiger partial charge on any atom is -0.288 e. The van der Waals surface area contributed by atoms with E-state index in [-0.39, 0.29) is 10.5 Å². The van der Waals surface area contributed by atoms with Crippen LogP contribution in [0.3, 0.4) is 0 Å². The van der Waals surface area contributed by atoms with Crippen molar-refractivity contribution in [1.29, 1.82) is 0 Å². The molecule has 0 unspecified atom stereocenters. The Kier molecular flexibility index (Phi) is 5.86. The summed E-state index contributed by atoms with van der Waals surface area (Å²) in [5, 5.41) is 8.39. The van der Waals surface area contributed by atoms with Crippen LogP contribution in [0.5, 0.6) is 0 Å². The molecule has 0 atom stereocenters. The van der Waals surface area contributed by atoms with E-state index >= 15 is 0 Å². The predicted molar refractivity (Wildman–Crippen MR) is 87.6 cm³/mol. The maximum absolute atomic E-state index is 13.8. The highest BCUT2D eigenvalue weighted by molar-refractivity contribution is 7.92. The first-order chi connectivity index (χ1) is 12.5. The quantitative estimate of drug-likeness (QED) is 0.309. The second-order valence-corrected chi connectivity index (χ2v) is 6.86. The minimum atomic E-state index is -4.77. The van der Waals surface area contributed by atoms with Gasteiger partial charge in [0, 0.05) is 6.08 Å². The van der Waals surface area contributed by atoms with Crippen molar-refractivity contribution in [2.75, 3.05) is 4.72 Å². The number of amides is 1. The van der Waals surface area contributed by atoms with Crippen LogP contribution in [-0.2, 0) is 21.0 Å². The summed E-state index contributed by atoms with van der Waals surface area (Å²) in [6, 6.07) is 6.34. The van der Waals surface area contributed by atoms with Gasteiger partial charge in [-0.2, -0.15) is 13.2 Å². The van der Waals surface area contributed by atoms with Gasteiger partial charge in [-0.1, -0.05) is 12.1 Å². The maximum atomic E-state index is 13.8. The molecule has 2 rings (SSSR count). The monoisotopic (exact) mass is 404 g/mol. The number of alkyl halides is 3. The molecule has 0 spiro atoms. The normalized spacial score (nSPS) is 12.2. The van der Waals surface area contributed by atoms with Crippen LogP contribution in [0.4, 0.5) is 23.2 Å². The van der Waals surface area contributed by atoms with Gasteiger partial charge in [-0.15, -0.1) is 0 Å². The fraction of sp³-hybridized carbons (Fsp3) is 0.0625. The standard InChI is InChI=1S/C16H12F4N2O4S/c17-13-6-5-11(16(18,19)20)9-14(13)22-27(25,26)12-3-1-2-10(8-12)4-7-15(23)21-24/h1-9,22,24H,(H,21,23)/b7-4+. The summed E-state index contributed by atoms with van der Waals surface area (Å²) in [4.78, 5) is 10.6. The number of benzene rings is 2. The van der Waals surface area contributed by atoms with E-state index in [1.165, 1.54) is 23.7 Å². The molecule has 6 nitrogen and oxygen atoms in total. The second-order valence-electron chi connectivity index (χ2n) is 5.18. The number of carbonyl (C=O) groups excluding carboxylic acids is 1. The molecule has 0 aliphatic carbocycles. The summed E-state index contributed by atoms with van der Waals surface area (Å²) in [6.07, 6.45) is -2.66. The molecule has 3 N–H and O–H groups in total. The lowest BCUT2D eigenvalue weighted by atomic mass is 10.2. The molecule has 0 bridgehead atoms. The number of hydrogen-bond donors (Lipinski definition) is 3. The highest BCUT2D eigenvalue weighted by atomic mass is 32.2. The van der Waals surface area contributed by atoms with Gasteiger partial charge in [0.15, 0.2) is 0 Å². The summed E-state index contributed by atoms with van der Waals surface area (Å²) in [7, 11) is -4.41. The Morgan fingerprint density at radius 2 is 1.81 bits per heavy atom. The van der Waals surface area contributed by atoms with Crippen LogP contribution in [0.25, 0.3) is 6.08 Å². The van der Waals surface area contributed by atoms with E-state index in [1.807, 2.05) is 0 Å². The lowest BCUT2D eigenvalue weighted by Gasteiger charge is -2.12. The van der Waals surface area contributed by atoms with Gasteiger partial charge in [-0.3, -0.25) is 14.7 Å². The molecule has 0 saturated carbocycles. The highest BCUT2D eigenvalue weighted by Crippen LogP contribution is 2.32. The van der Waals surface area contributed by atoms with Gasteiger partial charge in [0.1, 0.15) is 5.82 Å². The molecular formula is C16H12F4N2O4S. The molecule has 2 aromatic rings. The average molecular weight is 404 g/mol. The Balaban J connectivity index is 2.35. The molecule has 1 amide bonds. The zero-order chi connectivity index (χ0) is 20.2. The number of sulfonamides is 1. The summed E-state index contributed by atoms with van der Waals surface area (Å²) in [6.45, 7) is 0. The van der Waals surface area contributed by atoms with Gasteiger partial charge in [0.2, 0.25) is 0 Å². The molecule has 0 aliphatic rings. The largest absolute Gasteiger partial charge is 0.416 e. The SMILES string of the molecule is O=C(/C=C/c1cccc(S(=O)(=O)Nc2cc(C(F)(F)F)ccc2F)c1)NO. The molecule has 0 heterocycles. The van der Waals surface area contributed by atoms with Crippen LogP contribution < -0.4 is 10.2 Å². The predicted octanol–water partition coefficient (Wildman–Crippen LogP) is 3.16. The zero-order valence-electron chi connectivity index (χ0n) is 13.3. The molecule has 0 aliphatic heterocycles. The van der Waals surface area contributed by atoms with Gasteiger partial charge in [-0.25, -0.2) is 18.3 Å². The first kappa shape index (κ1) is 20.4. The van der Waals surface area contributed by atoms with Crippen LogP contribution in [0.2, 0.25) is 0 Å². The molecular weight excluding hydrogens is 392 g/mol. The number of hydroxylamine groups is 1. The fourth-order valence-electron chi connectivity index (χ4n) is 1.98. The van der Waals surface area contributed by atoms with E-state index in [1.54, 1.807) is 4.72 Å². The molecule has 11 heteroatoms. The van der Waals surface area contributed by atoms with Crippen LogP contribution in [0.1, 0.15) is 11.1 Å². The van der Waals surface area contributed by atoms with Crippen molar-refractivity contribution in [2.24, 2.45) is 0 Å². The van der Waals surface area contributed by atoms with Crippen molar-refractivity contribution < 1.29 is 36.0 Å². The van der Waals surface area contributed by atoms with Crippen molar-refractivity contribution in [3.8, 4) is 0 Å². The Morgan fingerprint density at radius 3 is 2.44 bits per heavy atom. The Labute approximate surface area is 151 Å². The lowest BCUT2D eigenvalue weighted by Crippen LogP contribution is -2.15. The summed E-state index contributed by atoms with van der Waals surface area (Å²) in [5.74, 6) is -2.03. The number of rotatable bonds is 5. The van der Waals surface area contributed by atoms with Crippen LogP contribution in [0, 0.1) is 5.82 Å². The van der Waals surface area contributed by atoms with E-state index in [0.29, 0.717) is 18.2 Å². The van der Waals surface area contributed by atoms with Crippen LogP contribution >= 0.6 is 0 Å². The molecule has 2 aromatic carbocycles. The summed E-state index contributed by atoms with van der Waals surface area (Å²) < 4.78 is 78.4. The van der Waals surface area contributed by atoms with Crippen molar-refractivity contribution in [2.45, 2.75) is 11.1 Å².